The number of benzene rings is 1. The molecule has 2 aliphatic carbocycles. The Hall–Kier alpha value is -3.61. The van der Waals surface area contributed by atoms with E-state index in [0.717, 1.165) is 23.6 Å². The second kappa shape index (κ2) is 9.80. The molecular weight excluding hydrogens is 450 g/mol. The van der Waals surface area contributed by atoms with Crippen molar-refractivity contribution in [3.8, 4) is 0 Å². The number of ether oxygens (including phenoxy) is 1. The number of nitrogens with one attached hydrogen (secondary N) is 1. The molecular formula is C29H35N5O2. The molecule has 0 amide bonds. The molecule has 0 saturated heterocycles. The Balaban J connectivity index is 1.33. The van der Waals surface area contributed by atoms with Crippen molar-refractivity contribution < 1.29 is 9.15 Å². The summed E-state index contributed by atoms with van der Waals surface area (Å²) in [6.07, 6.45) is 12.0. The van der Waals surface area contributed by atoms with Crippen molar-refractivity contribution in [2.75, 3.05) is 19.0 Å². The van der Waals surface area contributed by atoms with E-state index >= 15 is 0 Å². The molecule has 188 valence electrons. The highest BCUT2D eigenvalue weighted by Crippen LogP contribution is 2.47. The number of aromatic nitrogens is 4. The van der Waals surface area contributed by atoms with Gasteiger partial charge in [-0.3, -0.25) is 0 Å². The van der Waals surface area contributed by atoms with Crippen LogP contribution < -0.4 is 5.32 Å². The summed E-state index contributed by atoms with van der Waals surface area (Å²) < 4.78 is 14.2. The Bertz CT molecular complexity index is 1300. The quantitative estimate of drug-likeness (QED) is 0.436. The molecule has 0 spiro atoms. The predicted molar refractivity (Wildman–Crippen MR) is 142 cm³/mol. The summed E-state index contributed by atoms with van der Waals surface area (Å²) in [4.78, 5) is 4.39. The molecule has 5 rings (SSSR count). The number of hydrogen-bond acceptors (Lipinski definition) is 6. The molecule has 3 aromatic rings. The van der Waals surface area contributed by atoms with Crippen molar-refractivity contribution in [1.82, 2.24) is 19.7 Å². The number of methoxy groups -OCH3 is 1. The van der Waals surface area contributed by atoms with Crippen LogP contribution >= 0.6 is 0 Å². The maximum Gasteiger partial charge on any atom is 0.315 e. The second-order valence-corrected chi connectivity index (χ2v) is 10.3. The number of imidazole rings is 1. The summed E-state index contributed by atoms with van der Waals surface area (Å²) in [6, 6.07) is 11.0. The maximum atomic E-state index is 6.23. The average Bonchev–Trinajstić information content (AvgIpc) is 3.54. The second-order valence-electron chi connectivity index (χ2n) is 10.3. The van der Waals surface area contributed by atoms with Crippen LogP contribution in [0.4, 0.5) is 6.01 Å². The molecule has 2 heterocycles. The van der Waals surface area contributed by atoms with Gasteiger partial charge in [0.05, 0.1) is 30.2 Å². The number of anilines is 1. The Kier molecular flexibility index (Phi) is 6.56. The van der Waals surface area contributed by atoms with Crippen LogP contribution in [0, 0.1) is 24.7 Å². The maximum absolute atomic E-state index is 6.23. The molecule has 1 aromatic carbocycles. The predicted octanol–water partition coefficient (Wildman–Crippen LogP) is 6.09. The number of nitrogens with zero attached hydrogens (tertiary/aromatic N) is 4. The van der Waals surface area contributed by atoms with E-state index in [4.69, 9.17) is 9.15 Å². The van der Waals surface area contributed by atoms with Crippen LogP contribution in [0.5, 0.6) is 0 Å². The van der Waals surface area contributed by atoms with Crippen LogP contribution in [0.25, 0.3) is 11.3 Å². The van der Waals surface area contributed by atoms with Crippen LogP contribution in [0.2, 0.25) is 0 Å². The lowest BCUT2D eigenvalue weighted by Gasteiger charge is -2.38. The zero-order chi connectivity index (χ0) is 25.3. The van der Waals surface area contributed by atoms with E-state index in [0.29, 0.717) is 36.7 Å². The summed E-state index contributed by atoms with van der Waals surface area (Å²) in [5.41, 5.74) is 4.37. The summed E-state index contributed by atoms with van der Waals surface area (Å²) in [6.45, 7) is 9.39. The molecule has 0 aliphatic heterocycles. The highest BCUT2D eigenvalue weighted by Gasteiger charge is 2.44. The van der Waals surface area contributed by atoms with Crippen molar-refractivity contribution in [2.24, 2.45) is 17.8 Å². The number of aryl methyl sites for hydroxylation is 1. The van der Waals surface area contributed by atoms with Gasteiger partial charge in [-0.15, -0.1) is 5.10 Å². The normalized spacial score (nSPS) is 26.1. The number of rotatable bonds is 7. The Labute approximate surface area is 213 Å². The van der Waals surface area contributed by atoms with Crippen molar-refractivity contribution in [3.63, 3.8) is 0 Å². The summed E-state index contributed by atoms with van der Waals surface area (Å²) in [5.74, 6) is 2.56. The SMILES string of the molecule is COC1=C(n2cnc(C)c2)CC(C)C(C)(c2nnc(NCC3C(c4ccccc4)=CC=CC3C)o2)C1. The third-order valence-corrected chi connectivity index (χ3v) is 7.93. The van der Waals surface area contributed by atoms with Crippen LogP contribution in [0.3, 0.4) is 0 Å². The minimum atomic E-state index is -0.326. The lowest BCUT2D eigenvalue weighted by Crippen LogP contribution is -2.36. The van der Waals surface area contributed by atoms with Gasteiger partial charge >= 0.3 is 6.01 Å². The smallest absolute Gasteiger partial charge is 0.315 e. The van der Waals surface area contributed by atoms with Crippen LogP contribution in [-0.2, 0) is 10.2 Å². The average molecular weight is 486 g/mol. The number of allylic oxidation sites excluding steroid dienone is 5. The first-order chi connectivity index (χ1) is 17.4. The zero-order valence-corrected chi connectivity index (χ0v) is 21.7. The van der Waals surface area contributed by atoms with Crippen LogP contribution in [0.1, 0.15) is 50.8 Å². The standard InChI is InChI=1S/C29H35N5O2/c1-19-10-9-13-23(22-11-7-6-8-12-22)24(19)16-30-28-33-32-27(36-28)29(4)15-26(35-5)25(14-20(29)2)34-17-21(3)31-18-34/h6-13,17-20,24H,14-16H2,1-5H3,(H,30,33). The van der Waals surface area contributed by atoms with Gasteiger partial charge in [-0.2, -0.15) is 0 Å². The Morgan fingerprint density at radius 3 is 2.72 bits per heavy atom. The molecule has 0 radical (unpaired) electrons. The van der Waals surface area contributed by atoms with E-state index < -0.39 is 0 Å². The largest absolute Gasteiger partial charge is 0.499 e. The van der Waals surface area contributed by atoms with Gasteiger partial charge < -0.3 is 19.0 Å². The van der Waals surface area contributed by atoms with Gasteiger partial charge in [-0.1, -0.05) is 74.4 Å². The molecule has 36 heavy (non-hydrogen) atoms. The first-order valence-electron chi connectivity index (χ1n) is 12.7. The fourth-order valence-electron chi connectivity index (χ4n) is 5.37. The van der Waals surface area contributed by atoms with Crippen LogP contribution in [-0.4, -0.2) is 33.4 Å². The van der Waals surface area contributed by atoms with Gasteiger partial charge in [-0.05, 0) is 36.3 Å². The summed E-state index contributed by atoms with van der Waals surface area (Å²) in [5, 5.41) is 12.3. The van der Waals surface area contributed by atoms with E-state index in [9.17, 15) is 0 Å². The lowest BCUT2D eigenvalue weighted by molar-refractivity contribution is 0.176. The molecule has 4 atom stereocenters. The Morgan fingerprint density at radius 1 is 1.19 bits per heavy atom. The van der Waals surface area contributed by atoms with Gasteiger partial charge in [-0.25, -0.2) is 4.98 Å². The minimum Gasteiger partial charge on any atom is -0.499 e. The van der Waals surface area contributed by atoms with Gasteiger partial charge in [0.25, 0.3) is 0 Å². The monoisotopic (exact) mass is 485 g/mol. The molecule has 0 bridgehead atoms. The molecule has 0 fully saturated rings. The van der Waals surface area contributed by atoms with Crippen molar-refractivity contribution in [2.45, 2.75) is 46.0 Å². The molecule has 7 nitrogen and oxygen atoms in total. The first-order valence-corrected chi connectivity index (χ1v) is 12.7. The molecule has 7 heteroatoms. The molecule has 2 aliphatic rings. The van der Waals surface area contributed by atoms with Gasteiger partial charge in [0.1, 0.15) is 5.76 Å². The van der Waals surface area contributed by atoms with Gasteiger partial charge in [0.2, 0.25) is 5.89 Å². The van der Waals surface area contributed by atoms with Gasteiger partial charge in [0, 0.05) is 25.1 Å². The lowest BCUT2D eigenvalue weighted by atomic mass is 9.69. The molecule has 2 aromatic heterocycles. The van der Waals surface area contributed by atoms with E-state index in [1.165, 1.54) is 11.1 Å². The highest BCUT2D eigenvalue weighted by molar-refractivity contribution is 5.71. The Morgan fingerprint density at radius 2 is 2.00 bits per heavy atom. The molecule has 4 unspecified atom stereocenters. The topological polar surface area (TPSA) is 78.0 Å². The molecule has 1 N–H and O–H groups in total. The first kappa shape index (κ1) is 24.1. The fraction of sp³-hybridized carbons (Fsp3) is 0.414. The van der Waals surface area contributed by atoms with E-state index in [-0.39, 0.29) is 11.3 Å². The highest BCUT2D eigenvalue weighted by atomic mass is 16.5. The third-order valence-electron chi connectivity index (χ3n) is 7.93. The fourth-order valence-corrected chi connectivity index (χ4v) is 5.37. The summed E-state index contributed by atoms with van der Waals surface area (Å²) in [7, 11) is 1.73. The van der Waals surface area contributed by atoms with E-state index in [1.54, 1.807) is 7.11 Å². The third kappa shape index (κ3) is 4.50. The summed E-state index contributed by atoms with van der Waals surface area (Å²) >= 11 is 0. The van der Waals surface area contributed by atoms with Crippen molar-refractivity contribution in [1.29, 1.82) is 0 Å². The zero-order valence-electron chi connectivity index (χ0n) is 21.7. The van der Waals surface area contributed by atoms with E-state index in [1.807, 2.05) is 19.4 Å². The van der Waals surface area contributed by atoms with Crippen LogP contribution in [0.15, 0.2) is 71.3 Å². The van der Waals surface area contributed by atoms with E-state index in [2.05, 4.69) is 94.4 Å². The van der Waals surface area contributed by atoms with Gasteiger partial charge in [0.15, 0.2) is 0 Å². The molecule has 0 saturated carbocycles. The number of hydrogen-bond donors (Lipinski definition) is 1. The van der Waals surface area contributed by atoms with Crippen molar-refractivity contribution >= 4 is 17.3 Å². The van der Waals surface area contributed by atoms with Crippen molar-refractivity contribution in [3.05, 3.63) is 84.0 Å². The minimum absolute atomic E-state index is 0.276.